The molecule has 2 amide bonds. The van der Waals surface area contributed by atoms with E-state index < -0.39 is 44.4 Å². The fourth-order valence-corrected chi connectivity index (χ4v) is 4.74. The first kappa shape index (κ1) is 24.5. The van der Waals surface area contributed by atoms with E-state index >= 15 is 4.39 Å². The van der Waals surface area contributed by atoms with Gasteiger partial charge in [0.25, 0.3) is 15.9 Å². The molecule has 1 N–H and O–H groups in total. The molecule has 0 radical (unpaired) electrons. The summed E-state index contributed by atoms with van der Waals surface area (Å²) in [6, 6.07) is 3.51. The Kier molecular flexibility index (Phi) is 5.75. The molecular weight excluding hydrogens is 482 g/mol. The van der Waals surface area contributed by atoms with Crippen LogP contribution in [0.3, 0.4) is 0 Å². The third kappa shape index (κ3) is 4.29. The number of hydrogen-bond acceptors (Lipinski definition) is 6. The fourth-order valence-electron chi connectivity index (χ4n) is 3.85. The molecule has 0 saturated heterocycles. The molecule has 1 unspecified atom stereocenters. The lowest BCUT2D eigenvalue weighted by atomic mass is 9.85. The number of halogens is 2. The molecule has 2 aliphatic rings. The monoisotopic (exact) mass is 504 g/mol. The van der Waals surface area contributed by atoms with E-state index in [1.165, 1.54) is 25.1 Å². The first-order valence-corrected chi connectivity index (χ1v) is 12.1. The van der Waals surface area contributed by atoms with Gasteiger partial charge < -0.3 is 10.1 Å². The molecule has 0 fully saturated rings. The van der Waals surface area contributed by atoms with Crippen LogP contribution in [-0.4, -0.2) is 43.6 Å². The first-order valence-electron chi connectivity index (χ1n) is 10.6. The quantitative estimate of drug-likeness (QED) is 0.669. The van der Waals surface area contributed by atoms with Crippen LogP contribution in [0.2, 0.25) is 0 Å². The van der Waals surface area contributed by atoms with Crippen LogP contribution in [0.5, 0.6) is 5.88 Å². The zero-order valence-corrected chi connectivity index (χ0v) is 20.1. The average molecular weight is 505 g/mol. The number of benzene rings is 1. The van der Waals surface area contributed by atoms with Gasteiger partial charge >= 0.3 is 0 Å². The number of carbonyl (C=O) groups excluding carboxylic acids is 2. The highest BCUT2D eigenvalue weighted by Crippen LogP contribution is 2.48. The molecule has 1 atom stereocenters. The Morgan fingerprint density at radius 2 is 1.89 bits per heavy atom. The van der Waals surface area contributed by atoms with Crippen LogP contribution < -0.4 is 15.0 Å². The van der Waals surface area contributed by atoms with E-state index in [9.17, 15) is 22.4 Å². The molecule has 1 aromatic heterocycles. The second kappa shape index (κ2) is 8.22. The molecule has 0 saturated carbocycles. The van der Waals surface area contributed by atoms with E-state index in [2.05, 4.69) is 14.7 Å². The number of rotatable bonds is 5. The summed E-state index contributed by atoms with van der Waals surface area (Å²) in [5.41, 5.74) is -2.86. The van der Waals surface area contributed by atoms with Crippen LogP contribution in [0, 0.1) is 11.6 Å². The van der Waals surface area contributed by atoms with E-state index in [4.69, 9.17) is 4.74 Å². The number of pyridine rings is 1. The summed E-state index contributed by atoms with van der Waals surface area (Å²) < 4.78 is 61.8. The molecule has 35 heavy (non-hydrogen) atoms. The van der Waals surface area contributed by atoms with E-state index in [1.807, 2.05) is 0 Å². The minimum Gasteiger partial charge on any atom is -0.478 e. The zero-order chi connectivity index (χ0) is 25.8. The molecule has 0 spiro atoms. The van der Waals surface area contributed by atoms with Crippen LogP contribution in [0.15, 0.2) is 40.3 Å². The highest BCUT2D eigenvalue weighted by atomic mass is 32.2. The van der Waals surface area contributed by atoms with Gasteiger partial charge in [-0.15, -0.1) is 0 Å². The Hall–Kier alpha value is -3.67. The van der Waals surface area contributed by atoms with Gasteiger partial charge in [-0.1, -0.05) is 0 Å². The molecule has 12 heteroatoms. The van der Waals surface area contributed by atoms with Crippen molar-refractivity contribution >= 4 is 39.4 Å². The Bertz CT molecular complexity index is 1400. The summed E-state index contributed by atoms with van der Waals surface area (Å²) in [4.78, 5) is 31.0. The number of aromatic nitrogens is 1. The van der Waals surface area contributed by atoms with E-state index in [0.29, 0.717) is 0 Å². The van der Waals surface area contributed by atoms with Gasteiger partial charge in [-0.25, -0.2) is 13.8 Å². The molecule has 9 nitrogen and oxygen atoms in total. The maximum Gasteiger partial charge on any atom is 0.274 e. The van der Waals surface area contributed by atoms with Gasteiger partial charge in [-0.2, -0.15) is 12.8 Å². The van der Waals surface area contributed by atoms with Crippen molar-refractivity contribution in [1.29, 1.82) is 0 Å². The number of amides is 2. The lowest BCUT2D eigenvalue weighted by molar-refractivity contribution is -0.121. The van der Waals surface area contributed by atoms with Crippen molar-refractivity contribution in [1.82, 2.24) is 10.3 Å². The smallest absolute Gasteiger partial charge is 0.274 e. The predicted octanol–water partition coefficient (Wildman–Crippen LogP) is 3.13. The number of nitrogens with zero attached hydrogens (tertiary/aromatic N) is 3. The topological polar surface area (TPSA) is 118 Å². The van der Waals surface area contributed by atoms with Crippen molar-refractivity contribution in [3.63, 3.8) is 0 Å². The third-order valence-corrected chi connectivity index (χ3v) is 6.62. The number of ether oxygens (including phenoxy) is 1. The molecule has 4 rings (SSSR count). The van der Waals surface area contributed by atoms with Gasteiger partial charge in [0.05, 0.1) is 40.5 Å². The molecule has 184 valence electrons. The number of hydrogen-bond donors (Lipinski definition) is 1. The Morgan fingerprint density at radius 1 is 1.17 bits per heavy atom. The minimum atomic E-state index is -3.74. The number of fused-ring (bicyclic) bond motifs is 1. The standard InChI is InChI=1S/C23H22F2N4O5S/c1-5-34-18-10-17(16(25)11-26-18)29-19-14(22(2,3)21(29)31)8-13(9-15(19)24)20(30)28-23(4)6-7-35(32,33)27-12-23/h6-12H,5H2,1-4H3,(H,28,30). The zero-order valence-electron chi connectivity index (χ0n) is 19.3. The average Bonchev–Trinajstić information content (AvgIpc) is 2.98. The maximum absolute atomic E-state index is 15.5. The van der Waals surface area contributed by atoms with Crippen molar-refractivity contribution in [2.45, 2.75) is 38.6 Å². The van der Waals surface area contributed by atoms with Crippen molar-refractivity contribution in [3.8, 4) is 5.88 Å². The second-order valence-electron chi connectivity index (χ2n) is 8.82. The summed E-state index contributed by atoms with van der Waals surface area (Å²) >= 11 is 0. The lowest BCUT2D eigenvalue weighted by Gasteiger charge is -2.25. The molecule has 0 bridgehead atoms. The molecular formula is C23H22F2N4O5S. The largest absolute Gasteiger partial charge is 0.478 e. The van der Waals surface area contributed by atoms with Crippen molar-refractivity contribution < 1.29 is 31.5 Å². The number of nitrogens with one attached hydrogen (secondary N) is 1. The summed E-state index contributed by atoms with van der Waals surface area (Å²) in [5, 5.41) is 3.45. The molecule has 0 aliphatic carbocycles. The van der Waals surface area contributed by atoms with Crippen molar-refractivity contribution in [3.05, 3.63) is 58.6 Å². The van der Waals surface area contributed by atoms with Crippen LogP contribution in [0.4, 0.5) is 20.2 Å². The summed E-state index contributed by atoms with van der Waals surface area (Å²) in [7, 11) is -3.74. The van der Waals surface area contributed by atoms with Crippen molar-refractivity contribution in [2.24, 2.45) is 4.40 Å². The molecule has 2 aliphatic heterocycles. The lowest BCUT2D eigenvalue weighted by Crippen LogP contribution is -2.47. The van der Waals surface area contributed by atoms with Crippen LogP contribution >= 0.6 is 0 Å². The van der Waals surface area contributed by atoms with Crippen molar-refractivity contribution in [2.75, 3.05) is 11.5 Å². The summed E-state index contributed by atoms with van der Waals surface area (Å²) in [5.74, 6) is -3.02. The minimum absolute atomic E-state index is 0.0665. The highest BCUT2D eigenvalue weighted by Gasteiger charge is 2.47. The van der Waals surface area contributed by atoms with E-state index in [1.54, 1.807) is 20.8 Å². The van der Waals surface area contributed by atoms with Crippen LogP contribution in [-0.2, 0) is 20.2 Å². The number of sulfonamides is 1. The Morgan fingerprint density at radius 3 is 2.51 bits per heavy atom. The molecule has 3 heterocycles. The Labute approximate surface area is 200 Å². The SMILES string of the molecule is CCOc1cc(N2C(=O)C(C)(C)c3cc(C(=O)NC4(C)C=CS(=O)(=O)N=C4)cc(F)c32)c(F)cn1. The van der Waals surface area contributed by atoms with Gasteiger partial charge in [0.2, 0.25) is 11.8 Å². The third-order valence-electron chi connectivity index (χ3n) is 5.74. The van der Waals surface area contributed by atoms with Gasteiger partial charge in [0.1, 0.15) is 5.82 Å². The first-order chi connectivity index (χ1) is 16.3. The number of carbonyl (C=O) groups is 2. The Balaban J connectivity index is 1.76. The fraction of sp³-hybridized carbons (Fsp3) is 0.304. The second-order valence-corrected chi connectivity index (χ2v) is 10.3. The van der Waals surface area contributed by atoms with Gasteiger partial charge in [-0.05, 0) is 51.5 Å². The predicted molar refractivity (Wildman–Crippen MR) is 124 cm³/mol. The van der Waals surface area contributed by atoms with Gasteiger partial charge in [0.15, 0.2) is 5.82 Å². The maximum atomic E-state index is 15.5. The van der Waals surface area contributed by atoms with Crippen LogP contribution in [0.1, 0.15) is 43.6 Å². The summed E-state index contributed by atoms with van der Waals surface area (Å²) in [6.07, 6.45) is 3.19. The van der Waals surface area contributed by atoms with E-state index in [-0.39, 0.29) is 35.0 Å². The van der Waals surface area contributed by atoms with E-state index in [0.717, 1.165) is 28.8 Å². The molecule has 1 aromatic carbocycles. The summed E-state index contributed by atoms with van der Waals surface area (Å²) in [6.45, 7) is 6.57. The van der Waals surface area contributed by atoms with Crippen LogP contribution in [0.25, 0.3) is 0 Å². The highest BCUT2D eigenvalue weighted by molar-refractivity contribution is 7.93. The number of anilines is 2. The van der Waals surface area contributed by atoms with Gasteiger partial charge in [-0.3, -0.25) is 14.5 Å². The normalized spacial score (nSPS) is 21.7. The van der Waals surface area contributed by atoms with Gasteiger partial charge in [0, 0.05) is 17.8 Å². The molecule has 2 aromatic rings.